The van der Waals surface area contributed by atoms with E-state index in [0.29, 0.717) is 5.69 Å². The first-order chi connectivity index (χ1) is 10.1. The summed E-state index contributed by atoms with van der Waals surface area (Å²) < 4.78 is 64.1. The van der Waals surface area contributed by atoms with Crippen LogP contribution in [0.2, 0.25) is 0 Å². The van der Waals surface area contributed by atoms with Crippen LogP contribution in [0.1, 0.15) is 16.7 Å². The molecule has 0 aliphatic heterocycles. The molecule has 0 spiro atoms. The fraction of sp³-hybridized carbons (Fsp3) is 0.200. The fourth-order valence-corrected chi connectivity index (χ4v) is 2.89. The van der Waals surface area contributed by atoms with Gasteiger partial charge in [-0.25, -0.2) is 8.42 Å². The molecule has 0 saturated heterocycles. The van der Waals surface area contributed by atoms with Crippen LogP contribution in [0, 0.1) is 13.8 Å². The molecule has 0 aliphatic rings. The Hall–Kier alpha value is -2.02. The van der Waals surface area contributed by atoms with Crippen LogP contribution in [0.3, 0.4) is 0 Å². The van der Waals surface area contributed by atoms with Crippen molar-refractivity contribution < 1.29 is 21.6 Å². The van der Waals surface area contributed by atoms with Crippen molar-refractivity contribution in [2.75, 3.05) is 4.72 Å². The minimum atomic E-state index is -4.50. The van der Waals surface area contributed by atoms with Gasteiger partial charge in [-0.15, -0.1) is 0 Å². The van der Waals surface area contributed by atoms with Crippen LogP contribution in [0.25, 0.3) is 0 Å². The number of aryl methyl sites for hydroxylation is 2. The zero-order chi connectivity index (χ0) is 16.5. The standard InChI is InChI=1S/C15H14F3NO2S/c1-10-3-6-13(9-11(10)2)19-22(20,21)14-7-4-12(5-8-14)15(16,17)18/h3-9,19H,1-2H3. The number of hydrogen-bond acceptors (Lipinski definition) is 2. The minimum absolute atomic E-state index is 0.223. The van der Waals surface area contributed by atoms with Crippen LogP contribution in [0.15, 0.2) is 47.4 Å². The molecule has 0 amide bonds. The van der Waals surface area contributed by atoms with E-state index < -0.39 is 21.8 Å². The Morgan fingerprint density at radius 3 is 2.00 bits per heavy atom. The second-order valence-corrected chi connectivity index (χ2v) is 6.61. The van der Waals surface area contributed by atoms with Crippen LogP contribution >= 0.6 is 0 Å². The molecule has 0 bridgehead atoms. The molecule has 0 unspecified atom stereocenters. The van der Waals surface area contributed by atoms with Gasteiger partial charge in [0.05, 0.1) is 10.5 Å². The van der Waals surface area contributed by atoms with Crippen molar-refractivity contribution in [3.05, 3.63) is 59.2 Å². The number of rotatable bonds is 3. The number of sulfonamides is 1. The maximum Gasteiger partial charge on any atom is 0.416 e. The maximum atomic E-state index is 12.5. The largest absolute Gasteiger partial charge is 0.416 e. The highest BCUT2D eigenvalue weighted by Gasteiger charge is 2.30. The first-order valence-electron chi connectivity index (χ1n) is 6.37. The lowest BCUT2D eigenvalue weighted by Crippen LogP contribution is -2.14. The number of alkyl halides is 3. The average Bonchev–Trinajstić information content (AvgIpc) is 2.42. The van der Waals surface area contributed by atoms with Gasteiger partial charge >= 0.3 is 6.18 Å². The van der Waals surface area contributed by atoms with Gasteiger partial charge in [0.15, 0.2) is 0 Å². The van der Waals surface area contributed by atoms with Crippen LogP contribution in [-0.4, -0.2) is 8.42 Å². The van der Waals surface area contributed by atoms with Gasteiger partial charge in [-0.2, -0.15) is 13.2 Å². The molecule has 3 nitrogen and oxygen atoms in total. The third kappa shape index (κ3) is 3.59. The highest BCUT2D eigenvalue weighted by molar-refractivity contribution is 7.92. The number of halogens is 3. The quantitative estimate of drug-likeness (QED) is 0.920. The summed E-state index contributed by atoms with van der Waals surface area (Å²) in [4.78, 5) is -0.223. The highest BCUT2D eigenvalue weighted by Crippen LogP contribution is 2.30. The molecular weight excluding hydrogens is 315 g/mol. The topological polar surface area (TPSA) is 46.2 Å². The van der Waals surface area contributed by atoms with Crippen molar-refractivity contribution in [1.82, 2.24) is 0 Å². The molecule has 2 rings (SSSR count). The van der Waals surface area contributed by atoms with Crippen molar-refractivity contribution in [2.24, 2.45) is 0 Å². The molecule has 2 aromatic rings. The lowest BCUT2D eigenvalue weighted by Gasteiger charge is -2.11. The van der Waals surface area contributed by atoms with Gasteiger partial charge in [0.1, 0.15) is 0 Å². The van der Waals surface area contributed by atoms with Gasteiger partial charge in [0.25, 0.3) is 10.0 Å². The Balaban J connectivity index is 2.28. The van der Waals surface area contributed by atoms with Gasteiger partial charge in [0.2, 0.25) is 0 Å². The van der Waals surface area contributed by atoms with E-state index in [1.54, 1.807) is 18.2 Å². The summed E-state index contributed by atoms with van der Waals surface area (Å²) in [7, 11) is -3.92. The lowest BCUT2D eigenvalue weighted by atomic mass is 10.1. The molecule has 7 heteroatoms. The summed E-state index contributed by atoms with van der Waals surface area (Å²) in [5.74, 6) is 0. The molecule has 0 aliphatic carbocycles. The van der Waals surface area contributed by atoms with Crippen molar-refractivity contribution >= 4 is 15.7 Å². The molecule has 0 atom stereocenters. The molecule has 22 heavy (non-hydrogen) atoms. The summed E-state index contributed by atoms with van der Waals surface area (Å²) in [6.07, 6.45) is -4.50. The summed E-state index contributed by atoms with van der Waals surface area (Å²) in [5, 5.41) is 0. The Kier molecular flexibility index (Phi) is 4.19. The van der Waals surface area contributed by atoms with E-state index in [4.69, 9.17) is 0 Å². The first kappa shape index (κ1) is 16.4. The smallest absolute Gasteiger partial charge is 0.280 e. The molecular formula is C15H14F3NO2S. The second-order valence-electron chi connectivity index (χ2n) is 4.93. The van der Waals surface area contributed by atoms with E-state index in [0.717, 1.165) is 35.4 Å². The third-order valence-corrected chi connectivity index (χ3v) is 4.65. The van der Waals surface area contributed by atoms with Crippen molar-refractivity contribution in [2.45, 2.75) is 24.9 Å². The van der Waals surface area contributed by atoms with Crippen LogP contribution in [-0.2, 0) is 16.2 Å². The summed E-state index contributed by atoms with van der Waals surface area (Å²) in [5.41, 5.74) is 1.39. The number of anilines is 1. The van der Waals surface area contributed by atoms with E-state index in [2.05, 4.69) is 4.72 Å². The van der Waals surface area contributed by atoms with Crippen LogP contribution < -0.4 is 4.72 Å². The SMILES string of the molecule is Cc1ccc(NS(=O)(=O)c2ccc(C(F)(F)F)cc2)cc1C. The Bertz CT molecular complexity index is 781. The molecule has 118 valence electrons. The Morgan fingerprint density at radius 1 is 0.909 bits per heavy atom. The highest BCUT2D eigenvalue weighted by atomic mass is 32.2. The second kappa shape index (κ2) is 5.64. The predicted octanol–water partition coefficient (Wildman–Crippen LogP) is 4.12. The van der Waals surface area contributed by atoms with E-state index in [1.807, 2.05) is 13.8 Å². The Labute approximate surface area is 126 Å². The average molecular weight is 329 g/mol. The monoisotopic (exact) mass is 329 g/mol. The van der Waals surface area contributed by atoms with E-state index in [1.165, 1.54) is 0 Å². The minimum Gasteiger partial charge on any atom is -0.280 e. The number of hydrogen-bond donors (Lipinski definition) is 1. The van der Waals surface area contributed by atoms with Gasteiger partial charge < -0.3 is 0 Å². The van der Waals surface area contributed by atoms with Gasteiger partial charge in [-0.3, -0.25) is 4.72 Å². The zero-order valence-corrected chi connectivity index (χ0v) is 12.7. The first-order valence-corrected chi connectivity index (χ1v) is 7.85. The van der Waals surface area contributed by atoms with Gasteiger partial charge in [-0.1, -0.05) is 6.07 Å². The third-order valence-electron chi connectivity index (χ3n) is 3.25. The van der Waals surface area contributed by atoms with E-state index >= 15 is 0 Å². The Morgan fingerprint density at radius 2 is 1.50 bits per heavy atom. The number of benzene rings is 2. The molecule has 0 radical (unpaired) electrons. The number of nitrogens with one attached hydrogen (secondary N) is 1. The normalized spacial score (nSPS) is 12.2. The molecule has 1 N–H and O–H groups in total. The molecule has 0 saturated carbocycles. The van der Waals surface area contributed by atoms with Crippen molar-refractivity contribution in [1.29, 1.82) is 0 Å². The predicted molar refractivity (Wildman–Crippen MR) is 78.2 cm³/mol. The van der Waals surface area contributed by atoms with Crippen molar-refractivity contribution in [3.63, 3.8) is 0 Å². The molecule has 0 fully saturated rings. The summed E-state index contributed by atoms with van der Waals surface area (Å²) in [6.45, 7) is 3.73. The maximum absolute atomic E-state index is 12.5. The lowest BCUT2D eigenvalue weighted by molar-refractivity contribution is -0.137. The summed E-state index contributed by atoms with van der Waals surface area (Å²) in [6, 6.07) is 8.39. The van der Waals surface area contributed by atoms with Gasteiger partial charge in [0, 0.05) is 5.69 Å². The zero-order valence-electron chi connectivity index (χ0n) is 11.9. The van der Waals surface area contributed by atoms with Gasteiger partial charge in [-0.05, 0) is 61.4 Å². The van der Waals surface area contributed by atoms with Crippen molar-refractivity contribution in [3.8, 4) is 0 Å². The van der Waals surface area contributed by atoms with E-state index in [-0.39, 0.29) is 4.90 Å². The molecule has 0 aromatic heterocycles. The fourth-order valence-electron chi connectivity index (χ4n) is 1.84. The van der Waals surface area contributed by atoms with Crippen LogP contribution in [0.5, 0.6) is 0 Å². The summed E-state index contributed by atoms with van der Waals surface area (Å²) >= 11 is 0. The van der Waals surface area contributed by atoms with Crippen LogP contribution in [0.4, 0.5) is 18.9 Å². The molecule has 0 heterocycles. The van der Waals surface area contributed by atoms with E-state index in [9.17, 15) is 21.6 Å². The molecule has 2 aromatic carbocycles.